The highest BCUT2D eigenvalue weighted by atomic mass is 19.1. The second-order valence-corrected chi connectivity index (χ2v) is 3.95. The van der Waals surface area contributed by atoms with Crippen LogP contribution in [-0.2, 0) is 9.53 Å². The van der Waals surface area contributed by atoms with E-state index in [-0.39, 0.29) is 5.43 Å². The number of halogens is 1. The second-order valence-electron chi connectivity index (χ2n) is 3.95. The molecular formula is C13H12FNO3. The topological polar surface area (TPSA) is 48.3 Å². The lowest BCUT2D eigenvalue weighted by Gasteiger charge is -2.16. The molecule has 1 heterocycles. The van der Waals surface area contributed by atoms with Crippen LogP contribution in [0.3, 0.4) is 0 Å². The van der Waals surface area contributed by atoms with Crippen molar-refractivity contribution in [3.05, 3.63) is 46.5 Å². The number of esters is 1. The lowest BCUT2D eigenvalue weighted by atomic mass is 10.2. The summed E-state index contributed by atoms with van der Waals surface area (Å²) in [6, 6.07) is 4.58. The first-order valence-corrected chi connectivity index (χ1v) is 5.43. The number of hydrogen-bond acceptors (Lipinski definition) is 3. The summed E-state index contributed by atoms with van der Waals surface area (Å²) in [6.07, 6.45) is 1.46. The number of carbonyl (C=O) groups is 1. The van der Waals surface area contributed by atoms with E-state index < -0.39 is 17.8 Å². The average Bonchev–Trinajstić information content (AvgIpc) is 2.37. The summed E-state index contributed by atoms with van der Waals surface area (Å²) >= 11 is 0. The maximum atomic E-state index is 13.3. The van der Waals surface area contributed by atoms with Gasteiger partial charge >= 0.3 is 5.97 Å². The molecule has 0 N–H and O–H groups in total. The van der Waals surface area contributed by atoms with E-state index in [1.807, 2.05) is 0 Å². The maximum Gasteiger partial charge on any atom is 0.328 e. The first-order chi connectivity index (χ1) is 8.54. The van der Waals surface area contributed by atoms with Gasteiger partial charge < -0.3 is 9.30 Å². The number of ether oxygens (including phenoxy) is 1. The Balaban J connectivity index is 2.72. The van der Waals surface area contributed by atoms with Crippen LogP contribution in [0.2, 0.25) is 0 Å². The second kappa shape index (κ2) is 4.60. The maximum absolute atomic E-state index is 13.3. The molecule has 94 valence electrons. The highest BCUT2D eigenvalue weighted by Crippen LogP contribution is 2.17. The largest absolute Gasteiger partial charge is 0.467 e. The van der Waals surface area contributed by atoms with Gasteiger partial charge in [-0.05, 0) is 25.1 Å². The molecule has 1 aromatic heterocycles. The molecule has 0 amide bonds. The van der Waals surface area contributed by atoms with Gasteiger partial charge in [0.25, 0.3) is 0 Å². The number of carbonyl (C=O) groups excluding carboxylic acids is 1. The van der Waals surface area contributed by atoms with Crippen molar-refractivity contribution in [2.24, 2.45) is 0 Å². The molecule has 0 saturated carbocycles. The van der Waals surface area contributed by atoms with Gasteiger partial charge in [-0.1, -0.05) is 0 Å². The summed E-state index contributed by atoms with van der Waals surface area (Å²) in [5.41, 5.74) is 0.165. The van der Waals surface area contributed by atoms with Crippen molar-refractivity contribution in [2.45, 2.75) is 13.0 Å². The van der Waals surface area contributed by atoms with Crippen LogP contribution in [0.25, 0.3) is 10.9 Å². The molecule has 0 spiro atoms. The fourth-order valence-corrected chi connectivity index (χ4v) is 1.87. The Bertz CT molecular complexity index is 663. The molecule has 0 radical (unpaired) electrons. The van der Waals surface area contributed by atoms with Crippen molar-refractivity contribution in [1.82, 2.24) is 4.57 Å². The monoisotopic (exact) mass is 249 g/mol. The zero-order valence-corrected chi connectivity index (χ0v) is 10.0. The highest BCUT2D eigenvalue weighted by molar-refractivity contribution is 5.82. The van der Waals surface area contributed by atoms with Gasteiger partial charge in [0.15, 0.2) is 5.43 Å². The van der Waals surface area contributed by atoms with Crippen LogP contribution >= 0.6 is 0 Å². The van der Waals surface area contributed by atoms with Gasteiger partial charge in [-0.2, -0.15) is 0 Å². The first kappa shape index (κ1) is 12.3. The van der Waals surface area contributed by atoms with Crippen LogP contribution in [0.4, 0.5) is 4.39 Å². The fourth-order valence-electron chi connectivity index (χ4n) is 1.87. The van der Waals surface area contributed by atoms with Gasteiger partial charge in [0.05, 0.1) is 12.6 Å². The Morgan fingerprint density at radius 2 is 2.11 bits per heavy atom. The van der Waals surface area contributed by atoms with Crippen LogP contribution in [0.5, 0.6) is 0 Å². The van der Waals surface area contributed by atoms with E-state index in [2.05, 4.69) is 4.74 Å². The van der Waals surface area contributed by atoms with E-state index >= 15 is 0 Å². The SMILES string of the molecule is COC(=O)[C@H](C)n1ccc(=O)c2ccc(F)cc21. The Hall–Kier alpha value is -2.17. The lowest BCUT2D eigenvalue weighted by Crippen LogP contribution is -2.20. The fraction of sp³-hybridized carbons (Fsp3) is 0.231. The molecule has 0 aliphatic rings. The number of pyridine rings is 1. The Morgan fingerprint density at radius 3 is 2.78 bits per heavy atom. The Kier molecular flexibility index (Phi) is 3.14. The van der Waals surface area contributed by atoms with Gasteiger partial charge in [-0.25, -0.2) is 9.18 Å². The summed E-state index contributed by atoms with van der Waals surface area (Å²) in [7, 11) is 1.28. The summed E-state index contributed by atoms with van der Waals surface area (Å²) in [5.74, 6) is -0.914. The Morgan fingerprint density at radius 1 is 1.39 bits per heavy atom. The molecular weight excluding hydrogens is 237 g/mol. The van der Waals surface area contributed by atoms with Crippen molar-refractivity contribution in [1.29, 1.82) is 0 Å². The zero-order valence-electron chi connectivity index (χ0n) is 10.0. The molecule has 0 saturated heterocycles. The number of rotatable bonds is 2. The van der Waals surface area contributed by atoms with Crippen molar-refractivity contribution < 1.29 is 13.9 Å². The highest BCUT2D eigenvalue weighted by Gasteiger charge is 2.17. The molecule has 2 aromatic rings. The third-order valence-corrected chi connectivity index (χ3v) is 2.85. The van der Waals surface area contributed by atoms with Crippen molar-refractivity contribution >= 4 is 16.9 Å². The third kappa shape index (κ3) is 1.99. The molecule has 0 bridgehead atoms. The summed E-state index contributed by atoms with van der Waals surface area (Å²) in [5, 5.41) is 0.370. The van der Waals surface area contributed by atoms with Gasteiger partial charge in [0.2, 0.25) is 0 Å². The molecule has 0 aliphatic carbocycles. The summed E-state index contributed by atoms with van der Waals surface area (Å²) in [4.78, 5) is 23.2. The van der Waals surface area contributed by atoms with Crippen LogP contribution in [0.15, 0.2) is 35.3 Å². The molecule has 0 fully saturated rings. The van der Waals surface area contributed by atoms with E-state index in [0.29, 0.717) is 10.9 Å². The predicted molar refractivity (Wildman–Crippen MR) is 64.9 cm³/mol. The molecule has 1 aromatic carbocycles. The number of fused-ring (bicyclic) bond motifs is 1. The van der Waals surface area contributed by atoms with Crippen LogP contribution in [0.1, 0.15) is 13.0 Å². The van der Waals surface area contributed by atoms with Gasteiger partial charge in [-0.15, -0.1) is 0 Å². The summed E-state index contributed by atoms with van der Waals surface area (Å²) in [6.45, 7) is 1.63. The molecule has 1 atom stereocenters. The van der Waals surface area contributed by atoms with Crippen LogP contribution in [0, 0.1) is 5.82 Å². The van der Waals surface area contributed by atoms with Gasteiger partial charge in [0, 0.05) is 17.6 Å². The number of aromatic nitrogens is 1. The number of nitrogens with zero attached hydrogens (tertiary/aromatic N) is 1. The molecule has 0 unspecified atom stereocenters. The van der Waals surface area contributed by atoms with E-state index in [9.17, 15) is 14.0 Å². The number of hydrogen-bond donors (Lipinski definition) is 0. The molecule has 0 aliphatic heterocycles. The van der Waals surface area contributed by atoms with E-state index in [0.717, 1.165) is 0 Å². The lowest BCUT2D eigenvalue weighted by molar-refractivity contribution is -0.143. The van der Waals surface area contributed by atoms with Crippen LogP contribution < -0.4 is 5.43 Å². The zero-order chi connectivity index (χ0) is 13.3. The molecule has 5 heteroatoms. The number of benzene rings is 1. The smallest absolute Gasteiger partial charge is 0.328 e. The van der Waals surface area contributed by atoms with E-state index in [1.165, 1.54) is 42.1 Å². The van der Waals surface area contributed by atoms with Crippen molar-refractivity contribution in [3.8, 4) is 0 Å². The van der Waals surface area contributed by atoms with Crippen molar-refractivity contribution in [2.75, 3.05) is 7.11 Å². The van der Waals surface area contributed by atoms with E-state index in [1.54, 1.807) is 6.92 Å². The van der Waals surface area contributed by atoms with Crippen LogP contribution in [-0.4, -0.2) is 17.6 Å². The van der Waals surface area contributed by atoms with Gasteiger partial charge in [-0.3, -0.25) is 4.79 Å². The average molecular weight is 249 g/mol. The van der Waals surface area contributed by atoms with Gasteiger partial charge in [0.1, 0.15) is 11.9 Å². The Labute approximate surface area is 103 Å². The molecule has 18 heavy (non-hydrogen) atoms. The minimum atomic E-state index is -0.625. The number of methoxy groups -OCH3 is 1. The van der Waals surface area contributed by atoms with E-state index in [4.69, 9.17) is 0 Å². The quantitative estimate of drug-likeness (QED) is 0.763. The molecule has 2 rings (SSSR count). The minimum absolute atomic E-state index is 0.210. The normalized spacial score (nSPS) is 12.4. The van der Waals surface area contributed by atoms with Crippen molar-refractivity contribution in [3.63, 3.8) is 0 Å². The minimum Gasteiger partial charge on any atom is -0.467 e. The first-order valence-electron chi connectivity index (χ1n) is 5.43. The standard InChI is InChI=1S/C13H12FNO3/c1-8(13(17)18-2)15-6-5-12(16)10-4-3-9(14)7-11(10)15/h3-8H,1-2H3/t8-/m0/s1. The summed E-state index contributed by atoms with van der Waals surface area (Å²) < 4.78 is 19.4. The third-order valence-electron chi connectivity index (χ3n) is 2.85. The molecule has 4 nitrogen and oxygen atoms in total. The predicted octanol–water partition coefficient (Wildman–Crippen LogP) is 1.87.